The minimum absolute atomic E-state index is 0.190. The first-order chi connectivity index (χ1) is 9.89. The zero-order valence-electron chi connectivity index (χ0n) is 10.5. The average Bonchev–Trinajstić information content (AvgIpc) is 3.08. The van der Waals surface area contributed by atoms with Crippen molar-refractivity contribution in [2.24, 2.45) is 5.16 Å². The number of benzene rings is 1. The Morgan fingerprint density at radius 1 is 1.19 bits per heavy atom. The number of hydrogen-bond donors (Lipinski definition) is 1. The van der Waals surface area contributed by atoms with E-state index in [-0.39, 0.29) is 5.71 Å². The smallest absolute Gasteiger partial charge is 0.364 e. The summed E-state index contributed by atoms with van der Waals surface area (Å²) in [6, 6.07) is 6.84. The van der Waals surface area contributed by atoms with Crippen LogP contribution in [0.4, 0.5) is 8.78 Å². The van der Waals surface area contributed by atoms with E-state index in [9.17, 15) is 13.9 Å². The number of hydrogen-bond acceptors (Lipinski definition) is 5. The van der Waals surface area contributed by atoms with Gasteiger partial charge in [0.1, 0.15) is 6.26 Å². The van der Waals surface area contributed by atoms with Gasteiger partial charge in [-0.15, -0.1) is 0 Å². The maximum absolute atomic E-state index is 13.1. The second-order valence-corrected chi connectivity index (χ2v) is 5.05. The molecule has 21 heavy (non-hydrogen) atoms. The van der Waals surface area contributed by atoms with Gasteiger partial charge in [-0.3, -0.25) is 0 Å². The van der Waals surface area contributed by atoms with Crippen LogP contribution in [0.2, 0.25) is 0 Å². The summed E-state index contributed by atoms with van der Waals surface area (Å²) in [6.45, 7) is 0. The molecule has 1 unspecified atom stereocenters. The van der Waals surface area contributed by atoms with Crippen molar-refractivity contribution in [1.29, 1.82) is 0 Å². The second-order valence-electron chi connectivity index (χ2n) is 4.58. The fourth-order valence-electron chi connectivity index (χ4n) is 1.93. The number of rotatable bonds is 3. The molecule has 0 amide bonds. The van der Waals surface area contributed by atoms with Crippen LogP contribution >= 0.6 is 11.6 Å². The molecule has 8 heteroatoms. The lowest BCUT2D eigenvalue weighted by atomic mass is 10.0. The monoisotopic (exact) mass is 314 g/mol. The standard InChI is InChI=1S/C13H9ClF2N2O3/c14-13(15,16)12(19)5-11(18-21-12)9-3-1-8(2-4-9)10-6-17-20-7-10/h1-4,6-7,19H,5H2. The summed E-state index contributed by atoms with van der Waals surface area (Å²) in [6.07, 6.45) is 2.53. The van der Waals surface area contributed by atoms with Crippen LogP contribution in [0.1, 0.15) is 12.0 Å². The third kappa shape index (κ3) is 2.50. The molecule has 5 nitrogen and oxygen atoms in total. The second kappa shape index (κ2) is 4.78. The maximum atomic E-state index is 13.1. The zero-order chi connectivity index (χ0) is 15.1. The molecule has 0 bridgehead atoms. The fourth-order valence-corrected chi connectivity index (χ4v) is 2.03. The Balaban J connectivity index is 1.80. The van der Waals surface area contributed by atoms with Crippen molar-refractivity contribution in [1.82, 2.24) is 5.16 Å². The van der Waals surface area contributed by atoms with Crippen LogP contribution in [-0.4, -0.2) is 27.1 Å². The number of oxime groups is 1. The summed E-state index contributed by atoms with van der Waals surface area (Å²) in [5, 5.41) is 12.8. The van der Waals surface area contributed by atoms with Crippen molar-refractivity contribution in [3.8, 4) is 11.1 Å². The Morgan fingerprint density at radius 3 is 2.38 bits per heavy atom. The van der Waals surface area contributed by atoms with Gasteiger partial charge in [-0.25, -0.2) is 0 Å². The van der Waals surface area contributed by atoms with Gasteiger partial charge < -0.3 is 14.5 Å². The molecule has 1 aromatic carbocycles. The molecule has 0 spiro atoms. The first-order valence-electron chi connectivity index (χ1n) is 5.93. The highest BCUT2D eigenvalue weighted by Crippen LogP contribution is 2.40. The minimum atomic E-state index is -3.93. The van der Waals surface area contributed by atoms with Crippen LogP contribution < -0.4 is 0 Å². The molecule has 3 rings (SSSR count). The molecule has 1 atom stereocenters. The van der Waals surface area contributed by atoms with Crippen molar-refractivity contribution in [2.45, 2.75) is 17.6 Å². The SMILES string of the molecule is OC1(C(F)(F)Cl)CC(c2ccc(-c3cnoc3)cc2)=NO1. The molecular weight excluding hydrogens is 306 g/mol. The molecule has 0 aliphatic carbocycles. The van der Waals surface area contributed by atoms with E-state index < -0.39 is 17.6 Å². The van der Waals surface area contributed by atoms with E-state index >= 15 is 0 Å². The van der Waals surface area contributed by atoms with Crippen molar-refractivity contribution in [3.63, 3.8) is 0 Å². The molecule has 0 fully saturated rings. The average molecular weight is 315 g/mol. The zero-order valence-corrected chi connectivity index (χ0v) is 11.2. The van der Waals surface area contributed by atoms with Gasteiger partial charge in [0.25, 0.3) is 0 Å². The molecule has 110 valence electrons. The van der Waals surface area contributed by atoms with Gasteiger partial charge in [0.2, 0.25) is 0 Å². The van der Waals surface area contributed by atoms with Gasteiger partial charge in [-0.1, -0.05) is 34.6 Å². The Bertz CT molecular complexity index is 668. The van der Waals surface area contributed by atoms with E-state index in [0.29, 0.717) is 5.56 Å². The Morgan fingerprint density at radius 2 is 1.86 bits per heavy atom. The summed E-state index contributed by atoms with van der Waals surface area (Å²) in [7, 11) is 0. The molecule has 1 aliphatic rings. The molecule has 2 aromatic rings. The lowest BCUT2D eigenvalue weighted by molar-refractivity contribution is -0.272. The molecule has 0 saturated carbocycles. The molecule has 2 heterocycles. The molecule has 1 aromatic heterocycles. The van der Waals surface area contributed by atoms with Gasteiger partial charge in [0.05, 0.1) is 18.3 Å². The number of aliphatic hydroxyl groups is 1. The highest BCUT2D eigenvalue weighted by Gasteiger charge is 2.58. The third-order valence-corrected chi connectivity index (χ3v) is 3.44. The van der Waals surface area contributed by atoms with Crippen LogP contribution in [0.15, 0.2) is 46.4 Å². The highest BCUT2D eigenvalue weighted by atomic mass is 35.5. The van der Waals surface area contributed by atoms with Crippen molar-refractivity contribution in [3.05, 3.63) is 42.3 Å². The first kappa shape index (κ1) is 14.0. The fraction of sp³-hybridized carbons (Fsp3) is 0.231. The van der Waals surface area contributed by atoms with E-state index in [4.69, 9.17) is 16.1 Å². The third-order valence-electron chi connectivity index (χ3n) is 3.14. The summed E-state index contributed by atoms with van der Waals surface area (Å²) >= 11 is 4.83. The number of aromatic nitrogens is 1. The predicted molar refractivity (Wildman–Crippen MR) is 69.9 cm³/mol. The lowest BCUT2D eigenvalue weighted by Gasteiger charge is -2.23. The topological polar surface area (TPSA) is 67.9 Å². The van der Waals surface area contributed by atoms with Gasteiger partial charge in [0.15, 0.2) is 0 Å². The maximum Gasteiger partial charge on any atom is 0.388 e. The largest absolute Gasteiger partial charge is 0.388 e. The van der Waals surface area contributed by atoms with Crippen molar-refractivity contribution < 1.29 is 23.2 Å². The van der Waals surface area contributed by atoms with Crippen molar-refractivity contribution in [2.75, 3.05) is 0 Å². The Hall–Kier alpha value is -1.99. The summed E-state index contributed by atoms with van der Waals surface area (Å²) in [4.78, 5) is 4.41. The first-order valence-corrected chi connectivity index (χ1v) is 6.31. The van der Waals surface area contributed by atoms with Crippen molar-refractivity contribution >= 4 is 17.3 Å². The number of halogens is 3. The highest BCUT2D eigenvalue weighted by molar-refractivity contribution is 6.22. The normalized spacial score (nSPS) is 22.0. The van der Waals surface area contributed by atoms with Crippen LogP contribution in [-0.2, 0) is 4.84 Å². The molecular formula is C13H9ClF2N2O3. The quantitative estimate of drug-likeness (QED) is 0.884. The van der Waals surface area contributed by atoms with Gasteiger partial charge in [0, 0.05) is 5.56 Å². The van der Waals surface area contributed by atoms with E-state index in [2.05, 4.69) is 15.1 Å². The van der Waals surface area contributed by atoms with Gasteiger partial charge >= 0.3 is 11.2 Å². The van der Waals surface area contributed by atoms with Gasteiger partial charge in [-0.05, 0) is 22.7 Å². The van der Waals surface area contributed by atoms with E-state index in [0.717, 1.165) is 11.1 Å². The summed E-state index contributed by atoms with van der Waals surface area (Å²) < 4.78 is 30.8. The Labute approximate surface area is 122 Å². The Kier molecular flexibility index (Phi) is 3.18. The van der Waals surface area contributed by atoms with Crippen LogP contribution in [0, 0.1) is 0 Å². The summed E-state index contributed by atoms with van der Waals surface area (Å²) in [5.41, 5.74) is 2.37. The van der Waals surface area contributed by atoms with E-state index in [1.54, 1.807) is 30.5 Å². The number of alkyl halides is 3. The predicted octanol–water partition coefficient (Wildman–Crippen LogP) is 2.99. The number of nitrogens with zero attached hydrogens (tertiary/aromatic N) is 2. The molecule has 0 radical (unpaired) electrons. The minimum Gasteiger partial charge on any atom is -0.364 e. The summed E-state index contributed by atoms with van der Waals surface area (Å²) in [5.74, 6) is -2.82. The van der Waals surface area contributed by atoms with Crippen LogP contribution in [0.25, 0.3) is 11.1 Å². The molecule has 1 aliphatic heterocycles. The lowest BCUT2D eigenvalue weighted by Crippen LogP contribution is -2.44. The van der Waals surface area contributed by atoms with E-state index in [1.165, 1.54) is 6.26 Å². The van der Waals surface area contributed by atoms with Crippen LogP contribution in [0.5, 0.6) is 0 Å². The van der Waals surface area contributed by atoms with E-state index in [1.807, 2.05) is 0 Å². The van der Waals surface area contributed by atoms with Crippen LogP contribution in [0.3, 0.4) is 0 Å². The van der Waals surface area contributed by atoms with Gasteiger partial charge in [-0.2, -0.15) is 8.78 Å². The molecule has 1 N–H and O–H groups in total. The molecule has 0 saturated heterocycles.